The third kappa shape index (κ3) is 2.31. The van der Waals surface area contributed by atoms with E-state index < -0.39 is 0 Å². The van der Waals surface area contributed by atoms with Crippen LogP contribution in [0.25, 0.3) is 0 Å². The van der Waals surface area contributed by atoms with Crippen LogP contribution in [0, 0.1) is 6.92 Å². The van der Waals surface area contributed by atoms with Gasteiger partial charge in [0.05, 0.1) is 5.69 Å². The first-order valence-electron chi connectivity index (χ1n) is 5.57. The molecule has 0 bridgehead atoms. The first-order chi connectivity index (χ1) is 7.15. The molecule has 86 valence electrons. The summed E-state index contributed by atoms with van der Waals surface area (Å²) in [6, 6.07) is 0. The van der Waals surface area contributed by atoms with Crippen molar-refractivity contribution in [2.45, 2.75) is 27.3 Å². The number of hydrogen-bond donors (Lipinski definition) is 1. The summed E-state index contributed by atoms with van der Waals surface area (Å²) in [6.07, 6.45) is 0. The van der Waals surface area contributed by atoms with Crippen LogP contribution in [0.1, 0.15) is 25.1 Å². The van der Waals surface area contributed by atoms with Gasteiger partial charge >= 0.3 is 0 Å². The maximum Gasteiger partial charge on any atom is 0.131 e. The molecule has 0 fully saturated rings. The van der Waals surface area contributed by atoms with E-state index in [-0.39, 0.29) is 0 Å². The van der Waals surface area contributed by atoms with Gasteiger partial charge in [0, 0.05) is 32.2 Å². The highest BCUT2D eigenvalue weighted by atomic mass is 15.4. The van der Waals surface area contributed by atoms with Crippen LogP contribution in [0.15, 0.2) is 0 Å². The smallest absolute Gasteiger partial charge is 0.131 e. The van der Waals surface area contributed by atoms with Crippen LogP contribution in [-0.2, 0) is 13.6 Å². The number of aromatic nitrogens is 2. The molecule has 0 saturated heterocycles. The second kappa shape index (κ2) is 5.16. The summed E-state index contributed by atoms with van der Waals surface area (Å²) >= 11 is 0. The lowest BCUT2D eigenvalue weighted by Gasteiger charge is -2.22. The third-order valence-electron chi connectivity index (χ3n) is 2.73. The third-order valence-corrected chi connectivity index (χ3v) is 2.73. The van der Waals surface area contributed by atoms with Crippen LogP contribution in [0.5, 0.6) is 0 Å². The topological polar surface area (TPSA) is 33.1 Å². The van der Waals surface area contributed by atoms with Crippen LogP contribution in [0.3, 0.4) is 0 Å². The van der Waals surface area contributed by atoms with Gasteiger partial charge in [-0.3, -0.25) is 4.68 Å². The van der Waals surface area contributed by atoms with E-state index in [1.165, 1.54) is 11.4 Å². The summed E-state index contributed by atoms with van der Waals surface area (Å²) in [5, 5.41) is 7.68. The number of nitrogens with zero attached hydrogens (tertiary/aromatic N) is 3. The highest BCUT2D eigenvalue weighted by Gasteiger charge is 2.16. The zero-order valence-electron chi connectivity index (χ0n) is 10.5. The van der Waals surface area contributed by atoms with Crippen molar-refractivity contribution in [3.63, 3.8) is 0 Å². The minimum Gasteiger partial charge on any atom is -0.357 e. The predicted molar refractivity (Wildman–Crippen MR) is 64.3 cm³/mol. The maximum atomic E-state index is 4.48. The highest BCUT2D eigenvalue weighted by molar-refractivity contribution is 5.50. The molecule has 0 aliphatic heterocycles. The van der Waals surface area contributed by atoms with Crippen LogP contribution in [0.4, 0.5) is 5.82 Å². The Morgan fingerprint density at radius 2 is 1.93 bits per heavy atom. The molecule has 1 N–H and O–H groups in total. The van der Waals surface area contributed by atoms with Crippen molar-refractivity contribution >= 4 is 5.82 Å². The zero-order chi connectivity index (χ0) is 11.4. The monoisotopic (exact) mass is 210 g/mol. The SMILES string of the molecule is CCN(CC)c1c(CNC)c(C)nn1C. The van der Waals surface area contributed by atoms with Gasteiger partial charge < -0.3 is 10.2 Å². The molecule has 0 unspecified atom stereocenters. The molecule has 0 aliphatic carbocycles. The summed E-state index contributed by atoms with van der Waals surface area (Å²) in [6.45, 7) is 9.34. The Balaban J connectivity index is 3.12. The van der Waals surface area contributed by atoms with Crippen molar-refractivity contribution in [3.05, 3.63) is 11.3 Å². The Morgan fingerprint density at radius 3 is 2.40 bits per heavy atom. The predicted octanol–water partition coefficient (Wildman–Crippen LogP) is 1.29. The van der Waals surface area contributed by atoms with Crippen LogP contribution in [0.2, 0.25) is 0 Å². The van der Waals surface area contributed by atoms with E-state index >= 15 is 0 Å². The fourth-order valence-corrected chi connectivity index (χ4v) is 1.99. The van der Waals surface area contributed by atoms with Gasteiger partial charge in [-0.2, -0.15) is 5.10 Å². The number of aryl methyl sites for hydroxylation is 2. The molecule has 0 atom stereocenters. The molecular weight excluding hydrogens is 188 g/mol. The standard InChI is InChI=1S/C11H22N4/c1-6-15(7-2)11-10(8-12-4)9(3)13-14(11)5/h12H,6-8H2,1-5H3. The molecule has 0 spiro atoms. The normalized spacial score (nSPS) is 10.7. The molecule has 0 amide bonds. The van der Waals surface area contributed by atoms with Gasteiger partial charge in [0.2, 0.25) is 0 Å². The maximum absolute atomic E-state index is 4.48. The molecule has 0 aliphatic rings. The highest BCUT2D eigenvalue weighted by Crippen LogP contribution is 2.22. The Kier molecular flexibility index (Phi) is 4.15. The van der Waals surface area contributed by atoms with Crippen LogP contribution < -0.4 is 10.2 Å². The van der Waals surface area contributed by atoms with Crippen molar-refractivity contribution in [1.29, 1.82) is 0 Å². The largest absolute Gasteiger partial charge is 0.357 e. The Morgan fingerprint density at radius 1 is 1.33 bits per heavy atom. The van der Waals surface area contributed by atoms with Crippen LogP contribution >= 0.6 is 0 Å². The van der Waals surface area contributed by atoms with Crippen molar-refractivity contribution in [3.8, 4) is 0 Å². The molecule has 0 saturated carbocycles. The summed E-state index contributed by atoms with van der Waals surface area (Å²) in [5.74, 6) is 1.24. The quantitative estimate of drug-likeness (QED) is 0.795. The molecule has 4 nitrogen and oxygen atoms in total. The summed E-state index contributed by atoms with van der Waals surface area (Å²) in [5.41, 5.74) is 2.43. The summed E-state index contributed by atoms with van der Waals surface area (Å²) < 4.78 is 1.98. The number of nitrogens with one attached hydrogen (secondary N) is 1. The lowest BCUT2D eigenvalue weighted by Crippen LogP contribution is -2.26. The Labute approximate surface area is 92.3 Å². The van der Waals surface area contributed by atoms with Gasteiger partial charge in [-0.15, -0.1) is 0 Å². The number of hydrogen-bond acceptors (Lipinski definition) is 3. The lowest BCUT2D eigenvalue weighted by molar-refractivity contribution is 0.711. The lowest BCUT2D eigenvalue weighted by atomic mass is 10.2. The number of anilines is 1. The Hall–Kier alpha value is -1.03. The van der Waals surface area contributed by atoms with Crippen LogP contribution in [-0.4, -0.2) is 29.9 Å². The second-order valence-corrected chi connectivity index (χ2v) is 3.71. The Bertz CT molecular complexity index is 313. The van der Waals surface area contributed by atoms with E-state index in [0.29, 0.717) is 0 Å². The van der Waals surface area contributed by atoms with Crippen molar-refractivity contribution in [2.75, 3.05) is 25.0 Å². The van der Waals surface area contributed by atoms with Crippen molar-refractivity contribution < 1.29 is 0 Å². The molecule has 15 heavy (non-hydrogen) atoms. The van der Waals surface area contributed by atoms with E-state index in [2.05, 4.69) is 36.1 Å². The molecular formula is C11H22N4. The summed E-state index contributed by atoms with van der Waals surface area (Å²) in [4.78, 5) is 2.34. The van der Waals surface area contributed by atoms with Gasteiger partial charge in [-0.1, -0.05) is 0 Å². The van der Waals surface area contributed by atoms with E-state index in [1.54, 1.807) is 0 Å². The van der Waals surface area contributed by atoms with Gasteiger partial charge in [-0.25, -0.2) is 0 Å². The van der Waals surface area contributed by atoms with Gasteiger partial charge in [-0.05, 0) is 27.8 Å². The molecule has 1 rings (SSSR count). The average Bonchev–Trinajstić information content (AvgIpc) is 2.47. The summed E-state index contributed by atoms with van der Waals surface area (Å²) in [7, 11) is 3.98. The molecule has 1 aromatic heterocycles. The molecule has 1 aromatic rings. The number of rotatable bonds is 5. The second-order valence-electron chi connectivity index (χ2n) is 3.71. The fourth-order valence-electron chi connectivity index (χ4n) is 1.99. The van der Waals surface area contributed by atoms with Gasteiger partial charge in [0.1, 0.15) is 5.82 Å². The van der Waals surface area contributed by atoms with E-state index in [4.69, 9.17) is 0 Å². The molecule has 4 heteroatoms. The first-order valence-corrected chi connectivity index (χ1v) is 5.57. The van der Waals surface area contributed by atoms with Gasteiger partial charge in [0.25, 0.3) is 0 Å². The van der Waals surface area contributed by atoms with Gasteiger partial charge in [0.15, 0.2) is 0 Å². The average molecular weight is 210 g/mol. The molecule has 0 aromatic carbocycles. The minimum absolute atomic E-state index is 0.880. The van der Waals surface area contributed by atoms with E-state index in [9.17, 15) is 0 Å². The van der Waals surface area contributed by atoms with E-state index in [1.807, 2.05) is 18.8 Å². The zero-order valence-corrected chi connectivity index (χ0v) is 10.5. The molecule has 0 radical (unpaired) electrons. The van der Waals surface area contributed by atoms with E-state index in [0.717, 1.165) is 25.3 Å². The first kappa shape index (κ1) is 12.0. The van der Waals surface area contributed by atoms with Crippen molar-refractivity contribution in [1.82, 2.24) is 15.1 Å². The minimum atomic E-state index is 0.880. The fraction of sp³-hybridized carbons (Fsp3) is 0.727. The van der Waals surface area contributed by atoms with Crippen molar-refractivity contribution in [2.24, 2.45) is 7.05 Å². The molecule has 1 heterocycles.